The standard InChI is InChI=1S/C15H20N2O2/c1-19-11-12-4-6-17(7-5-12)15-3-2-13(10-18)8-14(15)9-16/h2-3,8,12,18H,4-7,10-11H2,1H3. The highest BCUT2D eigenvalue weighted by molar-refractivity contribution is 5.60. The molecule has 1 aromatic rings. The van der Waals surface area contributed by atoms with Crippen molar-refractivity contribution < 1.29 is 9.84 Å². The molecule has 4 nitrogen and oxygen atoms in total. The first-order valence-corrected chi connectivity index (χ1v) is 6.66. The number of hydrogen-bond acceptors (Lipinski definition) is 4. The predicted molar refractivity (Wildman–Crippen MR) is 73.9 cm³/mol. The Morgan fingerprint density at radius 3 is 2.74 bits per heavy atom. The molecule has 1 saturated heterocycles. The Labute approximate surface area is 114 Å². The smallest absolute Gasteiger partial charge is 0.101 e. The summed E-state index contributed by atoms with van der Waals surface area (Å²) >= 11 is 0. The first kappa shape index (κ1) is 13.9. The zero-order chi connectivity index (χ0) is 13.7. The van der Waals surface area contributed by atoms with Crippen LogP contribution in [0.25, 0.3) is 0 Å². The van der Waals surface area contributed by atoms with E-state index < -0.39 is 0 Å². The normalized spacial score (nSPS) is 16.4. The lowest BCUT2D eigenvalue weighted by molar-refractivity contribution is 0.139. The van der Waals surface area contributed by atoms with Crippen LogP contribution < -0.4 is 4.90 Å². The van der Waals surface area contributed by atoms with Gasteiger partial charge in [0.15, 0.2) is 0 Å². The van der Waals surface area contributed by atoms with Crippen molar-refractivity contribution in [2.45, 2.75) is 19.4 Å². The zero-order valence-electron chi connectivity index (χ0n) is 11.3. The molecule has 1 fully saturated rings. The van der Waals surface area contributed by atoms with E-state index in [1.54, 1.807) is 13.2 Å². The van der Waals surface area contributed by atoms with Gasteiger partial charge in [-0.1, -0.05) is 6.07 Å². The molecule has 0 saturated carbocycles. The second kappa shape index (κ2) is 6.55. The number of rotatable bonds is 4. The third-order valence-electron chi connectivity index (χ3n) is 3.72. The molecule has 1 N–H and O–H groups in total. The molecule has 19 heavy (non-hydrogen) atoms. The molecule has 1 aromatic carbocycles. The predicted octanol–water partition coefficient (Wildman–Crippen LogP) is 1.91. The van der Waals surface area contributed by atoms with E-state index in [1.165, 1.54) is 0 Å². The van der Waals surface area contributed by atoms with Gasteiger partial charge in [-0.3, -0.25) is 0 Å². The highest BCUT2D eigenvalue weighted by atomic mass is 16.5. The Morgan fingerprint density at radius 2 is 2.16 bits per heavy atom. The van der Waals surface area contributed by atoms with Gasteiger partial charge in [0.2, 0.25) is 0 Å². The van der Waals surface area contributed by atoms with Gasteiger partial charge < -0.3 is 14.7 Å². The number of benzene rings is 1. The minimum atomic E-state index is -0.0229. The fraction of sp³-hybridized carbons (Fsp3) is 0.533. The van der Waals surface area contributed by atoms with Crippen LogP contribution in [-0.4, -0.2) is 31.9 Å². The highest BCUT2D eigenvalue weighted by Gasteiger charge is 2.21. The molecule has 1 aliphatic heterocycles. The van der Waals surface area contributed by atoms with Crippen LogP contribution in [0.5, 0.6) is 0 Å². The maximum atomic E-state index is 9.23. The summed E-state index contributed by atoms with van der Waals surface area (Å²) in [7, 11) is 1.74. The quantitative estimate of drug-likeness (QED) is 0.898. The van der Waals surface area contributed by atoms with Gasteiger partial charge >= 0.3 is 0 Å². The summed E-state index contributed by atoms with van der Waals surface area (Å²) in [5.74, 6) is 0.628. The molecule has 0 spiro atoms. The lowest BCUT2D eigenvalue weighted by Gasteiger charge is -2.33. The van der Waals surface area contributed by atoms with E-state index in [-0.39, 0.29) is 6.61 Å². The van der Waals surface area contributed by atoms with Crippen LogP contribution in [0.4, 0.5) is 5.69 Å². The maximum Gasteiger partial charge on any atom is 0.101 e. The first-order valence-electron chi connectivity index (χ1n) is 6.66. The molecular weight excluding hydrogens is 240 g/mol. The first-order chi connectivity index (χ1) is 9.28. The van der Waals surface area contributed by atoms with E-state index in [0.29, 0.717) is 11.5 Å². The van der Waals surface area contributed by atoms with E-state index in [2.05, 4.69) is 11.0 Å². The highest BCUT2D eigenvalue weighted by Crippen LogP contribution is 2.27. The SMILES string of the molecule is COCC1CCN(c2ccc(CO)cc2C#N)CC1. The number of piperidine rings is 1. The average molecular weight is 260 g/mol. The molecule has 0 aliphatic carbocycles. The molecular formula is C15H20N2O2. The van der Waals surface area contributed by atoms with Gasteiger partial charge in [-0.15, -0.1) is 0 Å². The van der Waals surface area contributed by atoms with Gasteiger partial charge in [-0.2, -0.15) is 5.26 Å². The number of aliphatic hydroxyl groups is 1. The van der Waals surface area contributed by atoms with Crippen LogP contribution in [0.1, 0.15) is 24.0 Å². The number of nitriles is 1. The van der Waals surface area contributed by atoms with Crippen LogP contribution >= 0.6 is 0 Å². The van der Waals surface area contributed by atoms with Gasteiger partial charge in [0.1, 0.15) is 6.07 Å². The van der Waals surface area contributed by atoms with Crippen molar-refractivity contribution in [3.05, 3.63) is 29.3 Å². The molecule has 4 heteroatoms. The molecule has 1 heterocycles. The molecule has 0 bridgehead atoms. The average Bonchev–Trinajstić information content (AvgIpc) is 2.48. The van der Waals surface area contributed by atoms with E-state index in [0.717, 1.165) is 43.8 Å². The number of hydrogen-bond donors (Lipinski definition) is 1. The Morgan fingerprint density at radius 1 is 1.42 bits per heavy atom. The van der Waals surface area contributed by atoms with Crippen LogP contribution in [-0.2, 0) is 11.3 Å². The van der Waals surface area contributed by atoms with Gasteiger partial charge in [0.05, 0.1) is 17.9 Å². The van der Waals surface area contributed by atoms with Crippen molar-refractivity contribution in [1.29, 1.82) is 5.26 Å². The van der Waals surface area contributed by atoms with Crippen molar-refractivity contribution in [1.82, 2.24) is 0 Å². The van der Waals surface area contributed by atoms with Gasteiger partial charge in [-0.05, 0) is 36.5 Å². The number of nitrogens with zero attached hydrogens (tertiary/aromatic N) is 2. The number of methoxy groups -OCH3 is 1. The van der Waals surface area contributed by atoms with Crippen LogP contribution in [0.2, 0.25) is 0 Å². The van der Waals surface area contributed by atoms with Gasteiger partial charge in [0, 0.05) is 26.8 Å². The summed E-state index contributed by atoms with van der Waals surface area (Å²) in [5, 5.41) is 18.3. The minimum absolute atomic E-state index is 0.0229. The van der Waals surface area contributed by atoms with Crippen molar-refractivity contribution in [3.8, 4) is 6.07 Å². The fourth-order valence-corrected chi connectivity index (χ4v) is 2.62. The largest absolute Gasteiger partial charge is 0.392 e. The third kappa shape index (κ3) is 3.25. The van der Waals surface area contributed by atoms with Crippen molar-refractivity contribution in [3.63, 3.8) is 0 Å². The van der Waals surface area contributed by atoms with E-state index >= 15 is 0 Å². The summed E-state index contributed by atoms with van der Waals surface area (Å²) in [4.78, 5) is 2.26. The maximum absolute atomic E-state index is 9.23. The van der Waals surface area contributed by atoms with Crippen LogP contribution in [0.15, 0.2) is 18.2 Å². The second-order valence-electron chi connectivity index (χ2n) is 5.01. The van der Waals surface area contributed by atoms with Crippen molar-refractivity contribution in [2.24, 2.45) is 5.92 Å². The van der Waals surface area contributed by atoms with Crippen LogP contribution in [0, 0.1) is 17.2 Å². The molecule has 1 aliphatic rings. The van der Waals surface area contributed by atoms with E-state index in [4.69, 9.17) is 9.84 Å². The summed E-state index contributed by atoms with van der Waals surface area (Å²) in [6.45, 7) is 2.72. The summed E-state index contributed by atoms with van der Waals surface area (Å²) < 4.78 is 5.20. The van der Waals surface area contributed by atoms with E-state index in [1.807, 2.05) is 12.1 Å². The number of ether oxygens (including phenoxy) is 1. The molecule has 0 amide bonds. The van der Waals surface area contributed by atoms with Gasteiger partial charge in [-0.25, -0.2) is 0 Å². The minimum Gasteiger partial charge on any atom is -0.392 e. The molecule has 0 radical (unpaired) electrons. The molecule has 0 atom stereocenters. The third-order valence-corrected chi connectivity index (χ3v) is 3.72. The van der Waals surface area contributed by atoms with Crippen molar-refractivity contribution >= 4 is 5.69 Å². The number of anilines is 1. The van der Waals surface area contributed by atoms with E-state index in [9.17, 15) is 5.26 Å². The summed E-state index contributed by atoms with van der Waals surface area (Å²) in [5.41, 5.74) is 2.42. The second-order valence-corrected chi connectivity index (χ2v) is 5.01. The lowest BCUT2D eigenvalue weighted by Crippen LogP contribution is -2.35. The van der Waals surface area contributed by atoms with Crippen LogP contribution in [0.3, 0.4) is 0 Å². The molecule has 0 unspecified atom stereocenters. The number of aliphatic hydroxyl groups excluding tert-OH is 1. The summed E-state index contributed by atoms with van der Waals surface area (Å²) in [6.07, 6.45) is 2.20. The fourth-order valence-electron chi connectivity index (χ4n) is 2.62. The molecule has 2 rings (SSSR count). The topological polar surface area (TPSA) is 56.5 Å². The Balaban J connectivity index is 2.09. The Kier molecular flexibility index (Phi) is 4.78. The van der Waals surface area contributed by atoms with Crippen molar-refractivity contribution in [2.75, 3.05) is 31.7 Å². The van der Waals surface area contributed by atoms with Gasteiger partial charge in [0.25, 0.3) is 0 Å². The monoisotopic (exact) mass is 260 g/mol. The Hall–Kier alpha value is -1.57. The summed E-state index contributed by atoms with van der Waals surface area (Å²) in [6, 6.07) is 7.83. The Bertz CT molecular complexity index is 460. The lowest BCUT2D eigenvalue weighted by atomic mass is 9.96. The zero-order valence-corrected chi connectivity index (χ0v) is 11.3. The molecule has 102 valence electrons. The molecule has 0 aromatic heterocycles.